The number of aryl methyl sites for hydroxylation is 1. The van der Waals surface area contributed by atoms with E-state index in [4.69, 9.17) is 16.0 Å². The van der Waals surface area contributed by atoms with Crippen LogP contribution in [0.25, 0.3) is 17.4 Å². The summed E-state index contributed by atoms with van der Waals surface area (Å²) >= 11 is 5.95. The van der Waals surface area contributed by atoms with Gasteiger partial charge < -0.3 is 9.73 Å². The lowest BCUT2D eigenvalue weighted by Crippen LogP contribution is -2.20. The third-order valence-corrected chi connectivity index (χ3v) is 4.85. The van der Waals surface area contributed by atoms with Gasteiger partial charge in [-0.3, -0.25) is 24.7 Å². The quantitative estimate of drug-likeness (QED) is 0.307. The number of hydrogen-bond acceptors (Lipinski definition) is 7. The average molecular weight is 469 g/mol. The highest BCUT2D eigenvalue weighted by molar-refractivity contribution is 6.31. The Morgan fingerprint density at radius 3 is 2.82 bits per heavy atom. The Kier molecular flexibility index (Phi) is 6.05. The van der Waals surface area contributed by atoms with E-state index in [-0.39, 0.29) is 27.9 Å². The zero-order chi connectivity index (χ0) is 23.5. The molecule has 168 valence electrons. The van der Waals surface area contributed by atoms with Crippen LogP contribution in [0.2, 0.25) is 5.02 Å². The second-order valence-electron chi connectivity index (χ2n) is 6.99. The topological polar surface area (TPSA) is 149 Å². The number of benzene rings is 1. The minimum Gasteiger partial charge on any atom is -0.463 e. The van der Waals surface area contributed by atoms with Crippen molar-refractivity contribution in [2.45, 2.75) is 19.8 Å². The first-order valence-corrected chi connectivity index (χ1v) is 10.2. The van der Waals surface area contributed by atoms with Crippen LogP contribution in [0.1, 0.15) is 29.4 Å². The fourth-order valence-corrected chi connectivity index (χ4v) is 3.36. The minimum absolute atomic E-state index is 0.0691. The van der Waals surface area contributed by atoms with Gasteiger partial charge in [0.2, 0.25) is 5.95 Å². The van der Waals surface area contributed by atoms with E-state index in [0.717, 1.165) is 12.5 Å². The average Bonchev–Trinajstić information content (AvgIpc) is 3.43. The van der Waals surface area contributed by atoms with E-state index in [1.54, 1.807) is 12.1 Å². The number of hydrogen-bond donors (Lipinski definition) is 2. The number of aromatic nitrogens is 4. The number of anilines is 1. The molecule has 0 spiro atoms. The summed E-state index contributed by atoms with van der Waals surface area (Å²) in [6.07, 6.45) is 2.80. The highest BCUT2D eigenvalue weighted by Gasteiger charge is 2.23. The Hall–Kier alpha value is -4.25. The molecule has 4 rings (SSSR count). The largest absolute Gasteiger partial charge is 0.463 e. The van der Waals surface area contributed by atoms with E-state index in [2.05, 4.69) is 20.4 Å². The van der Waals surface area contributed by atoms with Crippen LogP contribution >= 0.6 is 11.6 Å². The third kappa shape index (κ3) is 4.67. The van der Waals surface area contributed by atoms with Crippen LogP contribution in [0.4, 0.5) is 11.5 Å². The van der Waals surface area contributed by atoms with Crippen molar-refractivity contribution in [3.8, 4) is 17.4 Å². The van der Waals surface area contributed by atoms with Gasteiger partial charge in [-0.25, -0.2) is 4.98 Å². The van der Waals surface area contributed by atoms with Gasteiger partial charge in [0, 0.05) is 28.9 Å². The molecule has 4 aromatic rings. The first-order chi connectivity index (χ1) is 15.9. The van der Waals surface area contributed by atoms with Gasteiger partial charge in [0.25, 0.3) is 17.2 Å². The van der Waals surface area contributed by atoms with E-state index in [1.807, 2.05) is 6.92 Å². The lowest BCUT2D eigenvalue weighted by molar-refractivity contribution is -0.385. The van der Waals surface area contributed by atoms with Gasteiger partial charge in [0.05, 0.1) is 11.2 Å². The molecule has 1 amide bonds. The van der Waals surface area contributed by atoms with E-state index in [0.29, 0.717) is 23.6 Å². The first-order valence-electron chi connectivity index (χ1n) is 9.85. The standard InChI is InChI=1S/C21H17ClN6O5/c1-2-4-13-10-19(29)25-21(23-13)27-18(11-15(26-27)17-5-3-8-33-17)24-20(30)14-9-12(22)6-7-16(14)28(31)32/h3,5-11H,2,4H2,1H3,(H,24,30)(H,23,25,29). The number of H-pyrrole nitrogens is 1. The number of nitro groups is 1. The van der Waals surface area contributed by atoms with Crippen LogP contribution in [0.3, 0.4) is 0 Å². The Bertz CT molecular complexity index is 1390. The fourth-order valence-electron chi connectivity index (χ4n) is 3.19. The number of furan rings is 1. The predicted molar refractivity (Wildman–Crippen MR) is 120 cm³/mol. The van der Waals surface area contributed by atoms with Crippen LogP contribution < -0.4 is 10.9 Å². The molecule has 0 unspecified atom stereocenters. The molecule has 0 bridgehead atoms. The molecule has 0 saturated carbocycles. The summed E-state index contributed by atoms with van der Waals surface area (Å²) in [5.74, 6) is -0.203. The van der Waals surface area contributed by atoms with Crippen LogP contribution in [0.5, 0.6) is 0 Å². The number of amides is 1. The maximum absolute atomic E-state index is 13.0. The second-order valence-corrected chi connectivity index (χ2v) is 7.42. The SMILES string of the molecule is CCCc1cc(=O)[nH]c(-n2nc(-c3ccco3)cc2NC(=O)c2cc(Cl)ccc2[N+](=O)[O-])n1. The van der Waals surface area contributed by atoms with Crippen molar-refractivity contribution < 1.29 is 14.1 Å². The molecule has 0 radical (unpaired) electrons. The van der Waals surface area contributed by atoms with Crippen molar-refractivity contribution in [3.63, 3.8) is 0 Å². The van der Waals surface area contributed by atoms with Gasteiger partial charge in [-0.1, -0.05) is 24.9 Å². The highest BCUT2D eigenvalue weighted by atomic mass is 35.5. The van der Waals surface area contributed by atoms with E-state index in [9.17, 15) is 19.7 Å². The summed E-state index contributed by atoms with van der Waals surface area (Å²) < 4.78 is 6.61. The summed E-state index contributed by atoms with van der Waals surface area (Å²) in [7, 11) is 0. The third-order valence-electron chi connectivity index (χ3n) is 4.61. The Balaban J connectivity index is 1.81. The van der Waals surface area contributed by atoms with Gasteiger partial charge in [0.15, 0.2) is 5.76 Å². The summed E-state index contributed by atoms with van der Waals surface area (Å²) in [6.45, 7) is 1.95. The molecule has 3 aromatic heterocycles. The van der Waals surface area contributed by atoms with Crippen LogP contribution in [-0.4, -0.2) is 30.6 Å². The fraction of sp³-hybridized carbons (Fsp3) is 0.143. The molecular weight excluding hydrogens is 452 g/mol. The van der Waals surface area contributed by atoms with E-state index in [1.165, 1.54) is 35.2 Å². The molecule has 0 aliphatic carbocycles. The number of halogens is 1. The maximum atomic E-state index is 13.0. The van der Waals surface area contributed by atoms with Crippen molar-refractivity contribution >= 4 is 29.0 Å². The molecule has 0 aliphatic heterocycles. The molecule has 3 heterocycles. The number of nitrogens with zero attached hydrogens (tertiary/aromatic N) is 4. The maximum Gasteiger partial charge on any atom is 0.282 e. The summed E-state index contributed by atoms with van der Waals surface area (Å²) in [5.41, 5.74) is -0.138. The lowest BCUT2D eigenvalue weighted by atomic mass is 10.1. The molecule has 0 aliphatic rings. The normalized spacial score (nSPS) is 10.8. The van der Waals surface area contributed by atoms with Crippen molar-refractivity contribution in [3.05, 3.63) is 85.5 Å². The summed E-state index contributed by atoms with van der Waals surface area (Å²) in [6, 6.07) is 9.90. The summed E-state index contributed by atoms with van der Waals surface area (Å²) in [4.78, 5) is 42.9. The van der Waals surface area contributed by atoms with Crippen LogP contribution in [0.15, 0.2) is 57.9 Å². The molecule has 1 aromatic carbocycles. The van der Waals surface area contributed by atoms with Gasteiger partial charge >= 0.3 is 0 Å². The van der Waals surface area contributed by atoms with Crippen molar-refractivity contribution in [2.24, 2.45) is 0 Å². The molecule has 11 nitrogen and oxygen atoms in total. The smallest absolute Gasteiger partial charge is 0.282 e. The number of rotatable bonds is 7. The Morgan fingerprint density at radius 2 is 2.12 bits per heavy atom. The molecule has 0 saturated heterocycles. The molecule has 2 N–H and O–H groups in total. The zero-order valence-electron chi connectivity index (χ0n) is 17.2. The summed E-state index contributed by atoms with van der Waals surface area (Å²) in [5, 5.41) is 18.5. The minimum atomic E-state index is -0.789. The van der Waals surface area contributed by atoms with E-state index >= 15 is 0 Å². The second kappa shape index (κ2) is 9.09. The number of aromatic amines is 1. The number of carbonyl (C=O) groups excluding carboxylic acids is 1. The Labute approximate surface area is 191 Å². The molecule has 33 heavy (non-hydrogen) atoms. The van der Waals surface area contributed by atoms with Crippen molar-refractivity contribution in [1.29, 1.82) is 0 Å². The molecular formula is C21H17ClN6O5. The first kappa shape index (κ1) is 22.0. The number of nitrogens with one attached hydrogen (secondary N) is 2. The zero-order valence-corrected chi connectivity index (χ0v) is 18.0. The highest BCUT2D eigenvalue weighted by Crippen LogP contribution is 2.27. The number of carbonyl (C=O) groups is 1. The molecule has 0 atom stereocenters. The van der Waals surface area contributed by atoms with Gasteiger partial charge in [-0.15, -0.1) is 0 Å². The van der Waals surface area contributed by atoms with Gasteiger partial charge in [-0.2, -0.15) is 9.78 Å². The van der Waals surface area contributed by atoms with Crippen LogP contribution in [-0.2, 0) is 6.42 Å². The number of nitro benzene ring substituents is 1. The van der Waals surface area contributed by atoms with Gasteiger partial charge in [0.1, 0.15) is 17.1 Å². The Morgan fingerprint density at radius 1 is 1.30 bits per heavy atom. The van der Waals surface area contributed by atoms with Crippen molar-refractivity contribution in [1.82, 2.24) is 19.7 Å². The molecule has 12 heteroatoms. The molecule has 0 fully saturated rings. The lowest BCUT2D eigenvalue weighted by Gasteiger charge is -2.09. The van der Waals surface area contributed by atoms with Gasteiger partial charge in [-0.05, 0) is 30.7 Å². The van der Waals surface area contributed by atoms with Crippen LogP contribution in [0, 0.1) is 10.1 Å². The monoisotopic (exact) mass is 468 g/mol. The van der Waals surface area contributed by atoms with Crippen molar-refractivity contribution in [2.75, 3.05) is 5.32 Å². The predicted octanol–water partition coefficient (Wildman–Crippen LogP) is 3.98. The van der Waals surface area contributed by atoms with E-state index < -0.39 is 16.5 Å².